The van der Waals surface area contributed by atoms with Crippen LogP contribution in [-0.2, 0) is 13.0 Å². The van der Waals surface area contributed by atoms with Gasteiger partial charge in [0.05, 0.1) is 0 Å². The van der Waals surface area contributed by atoms with Crippen molar-refractivity contribution < 1.29 is 0 Å². The maximum absolute atomic E-state index is 6.27. The lowest BCUT2D eigenvalue weighted by Crippen LogP contribution is -2.05. The third-order valence-corrected chi connectivity index (χ3v) is 4.94. The molecular formula is C15H17Br2N3. The van der Waals surface area contributed by atoms with E-state index in [9.17, 15) is 0 Å². The van der Waals surface area contributed by atoms with Crippen LogP contribution in [0, 0.1) is 0 Å². The molecule has 0 saturated heterocycles. The highest BCUT2D eigenvalue weighted by molar-refractivity contribution is 9.13. The van der Waals surface area contributed by atoms with E-state index in [0.717, 1.165) is 38.9 Å². The lowest BCUT2D eigenvalue weighted by molar-refractivity contribution is 0.724. The fourth-order valence-corrected chi connectivity index (χ4v) is 2.74. The first-order valence-electron chi connectivity index (χ1n) is 6.49. The van der Waals surface area contributed by atoms with E-state index < -0.39 is 0 Å². The summed E-state index contributed by atoms with van der Waals surface area (Å²) >= 11 is 6.99. The standard InChI is InChI=1S/C15H17Br2N3/c1-3-5-13-19-14(15(18)20(13)8-4-2)10-6-7-11(16)12(17)9-10/h4,6-7,9H,2-3,5,8,18H2,1H3. The van der Waals surface area contributed by atoms with Crippen molar-refractivity contribution in [1.29, 1.82) is 0 Å². The van der Waals surface area contributed by atoms with Crippen molar-refractivity contribution >= 4 is 37.7 Å². The number of nitrogens with zero attached hydrogens (tertiary/aromatic N) is 2. The lowest BCUT2D eigenvalue weighted by Gasteiger charge is -2.06. The normalized spacial score (nSPS) is 10.8. The van der Waals surface area contributed by atoms with Gasteiger partial charge in [0.2, 0.25) is 0 Å². The maximum atomic E-state index is 6.27. The topological polar surface area (TPSA) is 43.8 Å². The number of aryl methyl sites for hydroxylation is 1. The zero-order valence-electron chi connectivity index (χ0n) is 11.4. The van der Waals surface area contributed by atoms with Gasteiger partial charge in [-0.15, -0.1) is 6.58 Å². The second kappa shape index (κ2) is 6.59. The Bertz CT molecular complexity index is 632. The molecule has 0 atom stereocenters. The number of rotatable bonds is 5. The fourth-order valence-electron chi connectivity index (χ4n) is 2.12. The summed E-state index contributed by atoms with van der Waals surface area (Å²) in [5.41, 5.74) is 8.11. The summed E-state index contributed by atoms with van der Waals surface area (Å²) in [5, 5.41) is 0. The zero-order valence-corrected chi connectivity index (χ0v) is 14.5. The maximum Gasteiger partial charge on any atom is 0.132 e. The summed E-state index contributed by atoms with van der Waals surface area (Å²) in [5.74, 6) is 1.71. The summed E-state index contributed by atoms with van der Waals surface area (Å²) < 4.78 is 4.03. The number of anilines is 1. The molecule has 0 spiro atoms. The van der Waals surface area contributed by atoms with Gasteiger partial charge in [-0.3, -0.25) is 0 Å². The number of hydrogen-bond acceptors (Lipinski definition) is 2. The highest BCUT2D eigenvalue weighted by atomic mass is 79.9. The summed E-state index contributed by atoms with van der Waals surface area (Å²) in [4.78, 5) is 4.71. The summed E-state index contributed by atoms with van der Waals surface area (Å²) in [6.45, 7) is 6.61. The highest BCUT2D eigenvalue weighted by Gasteiger charge is 2.15. The van der Waals surface area contributed by atoms with Crippen molar-refractivity contribution in [1.82, 2.24) is 9.55 Å². The van der Waals surface area contributed by atoms with E-state index in [1.54, 1.807) is 0 Å². The van der Waals surface area contributed by atoms with E-state index in [-0.39, 0.29) is 0 Å². The van der Waals surface area contributed by atoms with E-state index in [1.807, 2.05) is 28.8 Å². The van der Waals surface area contributed by atoms with E-state index in [1.165, 1.54) is 0 Å². The first-order chi connectivity index (χ1) is 9.58. The number of benzene rings is 1. The number of aromatic nitrogens is 2. The van der Waals surface area contributed by atoms with E-state index >= 15 is 0 Å². The predicted molar refractivity (Wildman–Crippen MR) is 91.7 cm³/mol. The SMILES string of the molecule is C=CCn1c(CCC)nc(-c2ccc(Br)c(Br)c2)c1N. The molecule has 2 rings (SSSR count). The van der Waals surface area contributed by atoms with Crippen LogP contribution < -0.4 is 5.73 Å². The average Bonchev–Trinajstić information content (AvgIpc) is 2.72. The quantitative estimate of drug-likeness (QED) is 0.735. The van der Waals surface area contributed by atoms with Gasteiger partial charge in [0.25, 0.3) is 0 Å². The van der Waals surface area contributed by atoms with Gasteiger partial charge in [-0.05, 0) is 50.4 Å². The van der Waals surface area contributed by atoms with Crippen LogP contribution in [0.5, 0.6) is 0 Å². The molecule has 106 valence electrons. The van der Waals surface area contributed by atoms with E-state index in [0.29, 0.717) is 12.4 Å². The smallest absolute Gasteiger partial charge is 0.132 e. The number of imidazole rings is 1. The predicted octanol–water partition coefficient (Wildman–Crippen LogP) is 4.80. The number of nitrogens with two attached hydrogens (primary N) is 1. The van der Waals surface area contributed by atoms with Crippen molar-refractivity contribution in [2.75, 3.05) is 5.73 Å². The largest absolute Gasteiger partial charge is 0.383 e. The molecule has 1 aromatic heterocycles. The van der Waals surface area contributed by atoms with Crippen LogP contribution in [-0.4, -0.2) is 9.55 Å². The Morgan fingerprint density at radius 2 is 2.10 bits per heavy atom. The Labute approximate surface area is 136 Å². The Kier molecular flexibility index (Phi) is 5.05. The number of halogens is 2. The van der Waals surface area contributed by atoms with Crippen molar-refractivity contribution in [2.24, 2.45) is 0 Å². The minimum Gasteiger partial charge on any atom is -0.383 e. The number of allylic oxidation sites excluding steroid dienone is 1. The average molecular weight is 399 g/mol. The van der Waals surface area contributed by atoms with E-state index in [2.05, 4.69) is 45.4 Å². The summed E-state index contributed by atoms with van der Waals surface area (Å²) in [7, 11) is 0. The molecule has 5 heteroatoms. The van der Waals surface area contributed by atoms with Gasteiger partial charge < -0.3 is 10.3 Å². The van der Waals surface area contributed by atoms with Gasteiger partial charge in [-0.1, -0.05) is 19.1 Å². The van der Waals surface area contributed by atoms with Gasteiger partial charge in [0.1, 0.15) is 17.3 Å². The van der Waals surface area contributed by atoms with Gasteiger partial charge >= 0.3 is 0 Å². The molecule has 2 N–H and O–H groups in total. The molecule has 20 heavy (non-hydrogen) atoms. The molecule has 0 radical (unpaired) electrons. The molecule has 0 amide bonds. The van der Waals surface area contributed by atoms with Crippen LogP contribution >= 0.6 is 31.9 Å². The van der Waals surface area contributed by atoms with Gasteiger partial charge in [0.15, 0.2) is 0 Å². The molecular weight excluding hydrogens is 382 g/mol. The van der Waals surface area contributed by atoms with Crippen LogP contribution in [0.1, 0.15) is 19.2 Å². The van der Waals surface area contributed by atoms with Gasteiger partial charge in [0, 0.05) is 27.5 Å². The van der Waals surface area contributed by atoms with Gasteiger partial charge in [-0.25, -0.2) is 4.98 Å². The van der Waals surface area contributed by atoms with Crippen LogP contribution in [0.4, 0.5) is 5.82 Å². The highest BCUT2D eigenvalue weighted by Crippen LogP contribution is 2.32. The Balaban J connectivity index is 2.53. The molecule has 1 aromatic carbocycles. The van der Waals surface area contributed by atoms with Crippen LogP contribution in [0.2, 0.25) is 0 Å². The van der Waals surface area contributed by atoms with Gasteiger partial charge in [-0.2, -0.15) is 0 Å². The Morgan fingerprint density at radius 1 is 1.35 bits per heavy atom. The monoisotopic (exact) mass is 397 g/mol. The molecule has 0 fully saturated rings. The van der Waals surface area contributed by atoms with Crippen LogP contribution in [0.25, 0.3) is 11.3 Å². The molecule has 0 aliphatic heterocycles. The minimum absolute atomic E-state index is 0.686. The Hall–Kier alpha value is -1.07. The van der Waals surface area contributed by atoms with Crippen molar-refractivity contribution in [2.45, 2.75) is 26.3 Å². The minimum atomic E-state index is 0.686. The molecule has 0 aliphatic rings. The zero-order chi connectivity index (χ0) is 14.7. The molecule has 0 aliphatic carbocycles. The fraction of sp³-hybridized carbons (Fsp3) is 0.267. The Morgan fingerprint density at radius 3 is 2.70 bits per heavy atom. The van der Waals surface area contributed by atoms with Crippen molar-refractivity contribution in [3.63, 3.8) is 0 Å². The first-order valence-corrected chi connectivity index (χ1v) is 8.08. The molecule has 2 aromatic rings. The third kappa shape index (κ3) is 2.99. The van der Waals surface area contributed by atoms with Crippen LogP contribution in [0.15, 0.2) is 39.8 Å². The molecule has 0 bridgehead atoms. The molecule has 0 saturated carbocycles. The first kappa shape index (κ1) is 15.3. The number of hydrogen-bond donors (Lipinski definition) is 1. The second-order valence-corrected chi connectivity index (χ2v) is 6.25. The molecule has 0 unspecified atom stereocenters. The van der Waals surface area contributed by atoms with Crippen molar-refractivity contribution in [3.05, 3.63) is 45.6 Å². The van der Waals surface area contributed by atoms with Crippen molar-refractivity contribution in [3.8, 4) is 11.3 Å². The molecule has 1 heterocycles. The second-order valence-electron chi connectivity index (χ2n) is 4.54. The summed E-state index contributed by atoms with van der Waals surface area (Å²) in [6.07, 6.45) is 3.80. The third-order valence-electron chi connectivity index (χ3n) is 3.06. The van der Waals surface area contributed by atoms with Crippen LogP contribution in [0.3, 0.4) is 0 Å². The van der Waals surface area contributed by atoms with E-state index in [4.69, 9.17) is 10.7 Å². The lowest BCUT2D eigenvalue weighted by atomic mass is 10.1. The molecule has 3 nitrogen and oxygen atoms in total. The summed E-state index contributed by atoms with van der Waals surface area (Å²) in [6, 6.07) is 6.03. The number of nitrogen functional groups attached to an aromatic ring is 1.